The maximum atomic E-state index is 4.07. The van der Waals surface area contributed by atoms with Gasteiger partial charge in [-0.2, -0.15) is 0 Å². The second-order valence-corrected chi connectivity index (χ2v) is 3.45. The van der Waals surface area contributed by atoms with E-state index in [0.717, 1.165) is 12.8 Å². The molecule has 0 radical (unpaired) electrons. The molecule has 0 bridgehead atoms. The van der Waals surface area contributed by atoms with Gasteiger partial charge in [-0.05, 0) is 41.5 Å². The first kappa shape index (κ1) is 7.60. The smallest absolute Gasteiger partial charge is 0.0195 e. The quantitative estimate of drug-likeness (QED) is 0.588. The van der Waals surface area contributed by atoms with Crippen LogP contribution < -0.4 is 0 Å². The van der Waals surface area contributed by atoms with E-state index in [4.69, 9.17) is 0 Å². The normalized spacial score (nSPS) is 14.9. The summed E-state index contributed by atoms with van der Waals surface area (Å²) in [5.41, 5.74) is 5.64. The number of benzene rings is 1. The first-order valence-corrected chi connectivity index (χ1v) is 4.61. The van der Waals surface area contributed by atoms with Gasteiger partial charge in [0.05, 0.1) is 0 Å². The highest BCUT2D eigenvalue weighted by molar-refractivity contribution is 5.71. The molecule has 0 fully saturated rings. The maximum Gasteiger partial charge on any atom is -0.0195 e. The number of hydrogen-bond acceptors (Lipinski definition) is 0. The van der Waals surface area contributed by atoms with Crippen molar-refractivity contribution in [2.45, 2.75) is 26.2 Å². The van der Waals surface area contributed by atoms with Gasteiger partial charge in [0, 0.05) is 0 Å². The van der Waals surface area contributed by atoms with E-state index in [2.05, 4.69) is 31.7 Å². The van der Waals surface area contributed by atoms with Crippen molar-refractivity contribution in [3.05, 3.63) is 41.5 Å². The van der Waals surface area contributed by atoms with Crippen molar-refractivity contribution < 1.29 is 0 Å². The summed E-state index contributed by atoms with van der Waals surface area (Å²) in [7, 11) is 0. The van der Waals surface area contributed by atoms with Crippen LogP contribution in [-0.2, 0) is 12.8 Å². The Bertz CT molecular complexity index is 321. The predicted molar refractivity (Wildman–Crippen MR) is 53.2 cm³/mol. The molecule has 1 aliphatic rings. The van der Waals surface area contributed by atoms with Gasteiger partial charge in [0.2, 0.25) is 0 Å². The SMILES string of the molecule is C=C1CCc2ccc(CC)cc21. The van der Waals surface area contributed by atoms with E-state index in [9.17, 15) is 0 Å². The molecule has 0 spiro atoms. The lowest BCUT2D eigenvalue weighted by molar-refractivity contribution is 1.08. The van der Waals surface area contributed by atoms with E-state index >= 15 is 0 Å². The average Bonchev–Trinajstić information content (AvgIpc) is 2.47. The zero-order chi connectivity index (χ0) is 8.55. The molecule has 0 saturated heterocycles. The molecule has 0 N–H and O–H groups in total. The fourth-order valence-corrected chi connectivity index (χ4v) is 1.81. The topological polar surface area (TPSA) is 0 Å². The van der Waals surface area contributed by atoms with Crippen molar-refractivity contribution >= 4 is 5.57 Å². The summed E-state index contributed by atoms with van der Waals surface area (Å²) >= 11 is 0. The first-order valence-electron chi connectivity index (χ1n) is 4.61. The second kappa shape index (κ2) is 2.78. The third kappa shape index (κ3) is 1.08. The minimum Gasteiger partial charge on any atom is -0.0952 e. The van der Waals surface area contributed by atoms with Crippen molar-refractivity contribution in [3.8, 4) is 0 Å². The molecule has 0 nitrogen and oxygen atoms in total. The molecule has 0 unspecified atom stereocenters. The van der Waals surface area contributed by atoms with Gasteiger partial charge in [-0.15, -0.1) is 0 Å². The Morgan fingerprint density at radius 2 is 2.17 bits per heavy atom. The van der Waals surface area contributed by atoms with Crippen molar-refractivity contribution in [1.29, 1.82) is 0 Å². The molecular formula is C12H14. The molecule has 0 heterocycles. The first-order chi connectivity index (χ1) is 5.81. The van der Waals surface area contributed by atoms with Gasteiger partial charge in [-0.1, -0.05) is 31.7 Å². The Hall–Kier alpha value is -1.04. The fourth-order valence-electron chi connectivity index (χ4n) is 1.81. The molecule has 0 aromatic heterocycles. The van der Waals surface area contributed by atoms with Crippen LogP contribution in [0.2, 0.25) is 0 Å². The lowest BCUT2D eigenvalue weighted by Crippen LogP contribution is -1.85. The monoisotopic (exact) mass is 158 g/mol. The molecule has 0 saturated carbocycles. The summed E-state index contributed by atoms with van der Waals surface area (Å²) in [5, 5.41) is 0. The van der Waals surface area contributed by atoms with Gasteiger partial charge >= 0.3 is 0 Å². The highest BCUT2D eigenvalue weighted by Crippen LogP contribution is 2.31. The molecule has 1 aliphatic carbocycles. The predicted octanol–water partition coefficient (Wildman–Crippen LogP) is 3.21. The van der Waals surface area contributed by atoms with Crippen molar-refractivity contribution in [3.63, 3.8) is 0 Å². The number of allylic oxidation sites excluding steroid dienone is 1. The van der Waals surface area contributed by atoms with Crippen molar-refractivity contribution in [2.24, 2.45) is 0 Å². The van der Waals surface area contributed by atoms with Crippen LogP contribution in [0.15, 0.2) is 24.8 Å². The third-order valence-electron chi connectivity index (χ3n) is 2.66. The van der Waals surface area contributed by atoms with Crippen LogP contribution in [0.5, 0.6) is 0 Å². The molecule has 2 rings (SSSR count). The molecule has 0 atom stereocenters. The van der Waals surface area contributed by atoms with Gasteiger partial charge in [0.1, 0.15) is 0 Å². The Kier molecular flexibility index (Phi) is 1.76. The summed E-state index contributed by atoms with van der Waals surface area (Å²) in [6.07, 6.45) is 3.47. The van der Waals surface area contributed by atoms with Gasteiger partial charge in [0.25, 0.3) is 0 Å². The Morgan fingerprint density at radius 3 is 2.92 bits per heavy atom. The summed E-state index contributed by atoms with van der Waals surface area (Å²) < 4.78 is 0. The largest absolute Gasteiger partial charge is 0.0952 e. The Balaban J connectivity index is 2.50. The van der Waals surface area contributed by atoms with Gasteiger partial charge in [-0.25, -0.2) is 0 Å². The number of aryl methyl sites for hydroxylation is 2. The molecule has 1 aromatic rings. The summed E-state index contributed by atoms with van der Waals surface area (Å²) in [4.78, 5) is 0. The van der Waals surface area contributed by atoms with Crippen LogP contribution >= 0.6 is 0 Å². The molecule has 0 amide bonds. The second-order valence-electron chi connectivity index (χ2n) is 3.45. The standard InChI is InChI=1S/C12H14/c1-3-10-5-7-11-6-4-9(2)12(11)8-10/h5,7-8H,2-4,6H2,1H3. The van der Waals surface area contributed by atoms with Gasteiger partial charge in [0.15, 0.2) is 0 Å². The maximum absolute atomic E-state index is 4.07. The van der Waals surface area contributed by atoms with Crippen LogP contribution in [0.25, 0.3) is 5.57 Å². The zero-order valence-corrected chi connectivity index (χ0v) is 7.56. The highest BCUT2D eigenvalue weighted by atomic mass is 14.2. The highest BCUT2D eigenvalue weighted by Gasteiger charge is 2.13. The lowest BCUT2D eigenvalue weighted by Gasteiger charge is -2.02. The van der Waals surface area contributed by atoms with E-state index in [1.54, 1.807) is 0 Å². The third-order valence-corrected chi connectivity index (χ3v) is 2.66. The molecule has 0 heteroatoms. The summed E-state index contributed by atoms with van der Waals surface area (Å²) in [6, 6.07) is 6.79. The van der Waals surface area contributed by atoms with E-state index in [1.165, 1.54) is 28.7 Å². The van der Waals surface area contributed by atoms with E-state index in [1.807, 2.05) is 0 Å². The number of fused-ring (bicyclic) bond motifs is 1. The van der Waals surface area contributed by atoms with Gasteiger partial charge < -0.3 is 0 Å². The van der Waals surface area contributed by atoms with Crippen LogP contribution in [-0.4, -0.2) is 0 Å². The van der Waals surface area contributed by atoms with E-state index < -0.39 is 0 Å². The van der Waals surface area contributed by atoms with E-state index in [0.29, 0.717) is 0 Å². The summed E-state index contributed by atoms with van der Waals surface area (Å²) in [5.74, 6) is 0. The number of rotatable bonds is 1. The van der Waals surface area contributed by atoms with Crippen LogP contribution in [0, 0.1) is 0 Å². The molecule has 12 heavy (non-hydrogen) atoms. The van der Waals surface area contributed by atoms with Crippen LogP contribution in [0.3, 0.4) is 0 Å². The molecular weight excluding hydrogens is 144 g/mol. The minimum absolute atomic E-state index is 1.13. The lowest BCUT2D eigenvalue weighted by atomic mass is 10.0. The zero-order valence-electron chi connectivity index (χ0n) is 7.56. The Morgan fingerprint density at radius 1 is 1.33 bits per heavy atom. The molecule has 0 aliphatic heterocycles. The van der Waals surface area contributed by atoms with Crippen LogP contribution in [0.1, 0.15) is 30.0 Å². The van der Waals surface area contributed by atoms with Crippen molar-refractivity contribution in [1.82, 2.24) is 0 Å². The fraction of sp³-hybridized carbons (Fsp3) is 0.333. The minimum atomic E-state index is 1.13. The average molecular weight is 158 g/mol. The Labute approximate surface area is 73.9 Å². The van der Waals surface area contributed by atoms with Gasteiger partial charge in [-0.3, -0.25) is 0 Å². The van der Waals surface area contributed by atoms with Crippen LogP contribution in [0.4, 0.5) is 0 Å². The van der Waals surface area contributed by atoms with E-state index in [-0.39, 0.29) is 0 Å². The molecule has 1 aromatic carbocycles. The summed E-state index contributed by atoms with van der Waals surface area (Å²) in [6.45, 7) is 6.26. The van der Waals surface area contributed by atoms with Crippen molar-refractivity contribution in [2.75, 3.05) is 0 Å². The molecule has 62 valence electrons. The number of hydrogen-bond donors (Lipinski definition) is 0.